The van der Waals surface area contributed by atoms with Crippen LogP contribution < -0.4 is 9.47 Å². The maximum Gasteiger partial charge on any atom is 0.162 e. The van der Waals surface area contributed by atoms with Crippen LogP contribution in [0.2, 0.25) is 0 Å². The highest BCUT2D eigenvalue weighted by Crippen LogP contribution is 2.41. The van der Waals surface area contributed by atoms with Gasteiger partial charge in [-0.2, -0.15) is 0 Å². The largest absolute Gasteiger partial charge is 0.486 e. The van der Waals surface area contributed by atoms with E-state index in [4.69, 9.17) is 25.8 Å². The van der Waals surface area contributed by atoms with Crippen LogP contribution in [0.25, 0.3) is 0 Å². The van der Waals surface area contributed by atoms with E-state index in [1.807, 2.05) is 12.1 Å². The van der Waals surface area contributed by atoms with Gasteiger partial charge in [-0.25, -0.2) is 0 Å². The summed E-state index contributed by atoms with van der Waals surface area (Å²) in [7, 11) is 0. The van der Waals surface area contributed by atoms with Crippen molar-refractivity contribution in [3.05, 3.63) is 22.2 Å². The molecule has 2 aliphatic rings. The van der Waals surface area contributed by atoms with Crippen LogP contribution in [0.5, 0.6) is 11.5 Å². The summed E-state index contributed by atoms with van der Waals surface area (Å²) in [5.74, 6) is 1.58. The van der Waals surface area contributed by atoms with Gasteiger partial charge in [0.1, 0.15) is 13.2 Å². The molecule has 0 amide bonds. The molecule has 2 heterocycles. The van der Waals surface area contributed by atoms with Crippen LogP contribution >= 0.6 is 27.5 Å². The maximum absolute atomic E-state index is 6.55. The molecule has 1 aromatic rings. The average molecular weight is 362 g/mol. The Kier molecular flexibility index (Phi) is 4.74. The van der Waals surface area contributed by atoms with E-state index in [2.05, 4.69) is 15.9 Å². The Morgan fingerprint density at radius 2 is 1.95 bits per heavy atom. The Labute approximate surface area is 132 Å². The van der Waals surface area contributed by atoms with E-state index < -0.39 is 0 Å². The van der Waals surface area contributed by atoms with E-state index in [0.29, 0.717) is 19.3 Å². The highest BCUT2D eigenvalue weighted by atomic mass is 79.9. The van der Waals surface area contributed by atoms with Crippen molar-refractivity contribution in [2.45, 2.75) is 37.2 Å². The second-order valence-corrected chi connectivity index (χ2v) is 6.58. The fourth-order valence-electron chi connectivity index (χ4n) is 2.68. The summed E-state index contributed by atoms with van der Waals surface area (Å²) in [6, 6.07) is 3.94. The van der Waals surface area contributed by atoms with Crippen LogP contribution in [-0.4, -0.2) is 25.9 Å². The summed E-state index contributed by atoms with van der Waals surface area (Å²) in [4.78, 5) is 0. The van der Waals surface area contributed by atoms with E-state index >= 15 is 0 Å². The third-order valence-electron chi connectivity index (χ3n) is 3.77. The Balaban J connectivity index is 1.68. The van der Waals surface area contributed by atoms with E-state index in [0.717, 1.165) is 47.4 Å². The van der Waals surface area contributed by atoms with Gasteiger partial charge in [0.25, 0.3) is 0 Å². The van der Waals surface area contributed by atoms with Crippen molar-refractivity contribution < 1.29 is 14.2 Å². The zero-order valence-electron chi connectivity index (χ0n) is 11.2. The molecule has 2 unspecified atom stereocenters. The van der Waals surface area contributed by atoms with Crippen molar-refractivity contribution in [3.8, 4) is 11.5 Å². The molecule has 2 aliphatic heterocycles. The van der Waals surface area contributed by atoms with Crippen molar-refractivity contribution >= 4 is 27.5 Å². The SMILES string of the molecule is ClC(CCC1CCCO1)c1cc2c(cc1Br)OCCO2. The third-order valence-corrected chi connectivity index (χ3v) is 4.91. The number of hydrogen-bond acceptors (Lipinski definition) is 3. The predicted octanol–water partition coefficient (Wildman–Crippen LogP) is 4.46. The summed E-state index contributed by atoms with van der Waals surface area (Å²) < 4.78 is 17.8. The van der Waals surface area contributed by atoms with Crippen molar-refractivity contribution in [2.24, 2.45) is 0 Å². The molecule has 0 spiro atoms. The van der Waals surface area contributed by atoms with Crippen LogP contribution in [0.3, 0.4) is 0 Å². The minimum absolute atomic E-state index is 0.0376. The zero-order valence-corrected chi connectivity index (χ0v) is 13.6. The molecule has 1 aromatic carbocycles. The van der Waals surface area contributed by atoms with Gasteiger partial charge in [0, 0.05) is 11.1 Å². The van der Waals surface area contributed by atoms with Gasteiger partial charge in [-0.05, 0) is 43.4 Å². The first-order valence-electron chi connectivity index (χ1n) is 7.09. The topological polar surface area (TPSA) is 27.7 Å². The average Bonchev–Trinajstić information content (AvgIpc) is 2.97. The number of hydrogen-bond donors (Lipinski definition) is 0. The summed E-state index contributed by atoms with van der Waals surface area (Å²) in [6.45, 7) is 2.09. The minimum Gasteiger partial charge on any atom is -0.486 e. The number of alkyl halides is 1. The smallest absolute Gasteiger partial charge is 0.162 e. The number of halogens is 2. The Morgan fingerprint density at radius 3 is 2.65 bits per heavy atom. The zero-order chi connectivity index (χ0) is 13.9. The first-order chi connectivity index (χ1) is 9.74. The van der Waals surface area contributed by atoms with Crippen LogP contribution in [-0.2, 0) is 4.74 Å². The van der Waals surface area contributed by atoms with Crippen LogP contribution in [0.15, 0.2) is 16.6 Å². The van der Waals surface area contributed by atoms with Gasteiger partial charge in [-0.3, -0.25) is 0 Å². The number of fused-ring (bicyclic) bond motifs is 1. The first kappa shape index (κ1) is 14.5. The van der Waals surface area contributed by atoms with Crippen LogP contribution in [0.1, 0.15) is 36.6 Å². The maximum atomic E-state index is 6.55. The second kappa shape index (κ2) is 6.54. The summed E-state index contributed by atoms with van der Waals surface area (Å²) in [5.41, 5.74) is 1.06. The lowest BCUT2D eigenvalue weighted by molar-refractivity contribution is 0.102. The molecular formula is C15H18BrClO3. The molecule has 0 aromatic heterocycles. The normalized spacial score (nSPS) is 22.8. The second-order valence-electron chi connectivity index (χ2n) is 5.20. The lowest BCUT2D eigenvalue weighted by Gasteiger charge is -2.21. The number of ether oxygens (including phenoxy) is 3. The van der Waals surface area contributed by atoms with E-state index in [1.165, 1.54) is 6.42 Å². The molecule has 110 valence electrons. The van der Waals surface area contributed by atoms with E-state index in [9.17, 15) is 0 Å². The number of rotatable bonds is 4. The van der Waals surface area contributed by atoms with Gasteiger partial charge in [0.15, 0.2) is 11.5 Å². The Hall–Kier alpha value is -0.450. The monoisotopic (exact) mass is 360 g/mol. The molecule has 2 atom stereocenters. The molecule has 0 saturated carbocycles. The lowest BCUT2D eigenvalue weighted by atomic mass is 10.0. The van der Waals surface area contributed by atoms with Crippen molar-refractivity contribution in [3.63, 3.8) is 0 Å². The Morgan fingerprint density at radius 1 is 1.20 bits per heavy atom. The molecule has 20 heavy (non-hydrogen) atoms. The van der Waals surface area contributed by atoms with Crippen molar-refractivity contribution in [1.82, 2.24) is 0 Å². The third kappa shape index (κ3) is 3.23. The molecular weight excluding hydrogens is 344 g/mol. The Bertz CT molecular complexity index is 474. The van der Waals surface area contributed by atoms with Crippen molar-refractivity contribution in [2.75, 3.05) is 19.8 Å². The molecule has 1 fully saturated rings. The molecule has 0 bridgehead atoms. The molecule has 3 rings (SSSR count). The van der Waals surface area contributed by atoms with Crippen LogP contribution in [0.4, 0.5) is 0 Å². The fourth-order valence-corrected chi connectivity index (χ4v) is 3.72. The summed E-state index contributed by atoms with van der Waals surface area (Å²) in [6.07, 6.45) is 4.63. The van der Waals surface area contributed by atoms with Gasteiger partial charge in [0.2, 0.25) is 0 Å². The van der Waals surface area contributed by atoms with Gasteiger partial charge in [-0.1, -0.05) is 15.9 Å². The van der Waals surface area contributed by atoms with Crippen molar-refractivity contribution in [1.29, 1.82) is 0 Å². The van der Waals surface area contributed by atoms with Crippen LogP contribution in [0, 0.1) is 0 Å². The fraction of sp³-hybridized carbons (Fsp3) is 0.600. The predicted molar refractivity (Wildman–Crippen MR) is 81.9 cm³/mol. The summed E-state index contributed by atoms with van der Waals surface area (Å²) >= 11 is 10.1. The summed E-state index contributed by atoms with van der Waals surface area (Å²) in [5, 5.41) is -0.0376. The van der Waals surface area contributed by atoms with Gasteiger partial charge >= 0.3 is 0 Å². The molecule has 0 aliphatic carbocycles. The first-order valence-corrected chi connectivity index (χ1v) is 8.31. The van der Waals surface area contributed by atoms with Gasteiger partial charge in [0.05, 0.1) is 11.5 Å². The molecule has 0 radical (unpaired) electrons. The standard InChI is InChI=1S/C15H18BrClO3/c16-12-9-15-14(19-6-7-20-15)8-11(12)13(17)4-3-10-2-1-5-18-10/h8-10,13H,1-7H2. The highest BCUT2D eigenvalue weighted by molar-refractivity contribution is 9.10. The van der Waals surface area contributed by atoms with E-state index in [-0.39, 0.29) is 5.38 Å². The lowest BCUT2D eigenvalue weighted by Crippen LogP contribution is -2.15. The van der Waals surface area contributed by atoms with E-state index in [1.54, 1.807) is 0 Å². The minimum atomic E-state index is -0.0376. The number of benzene rings is 1. The molecule has 1 saturated heterocycles. The van der Waals surface area contributed by atoms with Gasteiger partial charge < -0.3 is 14.2 Å². The molecule has 5 heteroatoms. The molecule has 3 nitrogen and oxygen atoms in total. The quantitative estimate of drug-likeness (QED) is 0.741. The highest BCUT2D eigenvalue weighted by Gasteiger charge is 2.21. The van der Waals surface area contributed by atoms with Gasteiger partial charge in [-0.15, -0.1) is 11.6 Å². The molecule has 0 N–H and O–H groups in total.